The zero-order valence-electron chi connectivity index (χ0n) is 8.82. The molecule has 3 nitrogen and oxygen atoms in total. The van der Waals surface area contributed by atoms with E-state index in [4.69, 9.17) is 10.5 Å². The molecule has 3 heteroatoms. The Kier molecular flexibility index (Phi) is 2.00. The molecule has 1 fully saturated rings. The second kappa shape index (κ2) is 2.95. The van der Waals surface area contributed by atoms with Crippen LogP contribution in [0, 0.1) is 5.41 Å². The molecular weight excluding hydrogens is 176 g/mol. The summed E-state index contributed by atoms with van der Waals surface area (Å²) in [6.07, 6.45) is 1.77. The van der Waals surface area contributed by atoms with E-state index in [0.29, 0.717) is 11.8 Å². The number of methoxy groups -OCH3 is 1. The quantitative estimate of drug-likeness (QED) is 0.773. The van der Waals surface area contributed by atoms with Crippen molar-refractivity contribution in [1.29, 1.82) is 0 Å². The van der Waals surface area contributed by atoms with Crippen LogP contribution in [0.5, 0.6) is 5.88 Å². The third-order valence-corrected chi connectivity index (χ3v) is 3.24. The summed E-state index contributed by atoms with van der Waals surface area (Å²) >= 11 is 0. The molecule has 1 aliphatic rings. The van der Waals surface area contributed by atoms with Crippen molar-refractivity contribution < 1.29 is 4.74 Å². The molecule has 2 N–H and O–H groups in total. The average molecular weight is 192 g/mol. The van der Waals surface area contributed by atoms with Gasteiger partial charge in [0.1, 0.15) is 0 Å². The van der Waals surface area contributed by atoms with Crippen molar-refractivity contribution in [1.82, 2.24) is 4.98 Å². The lowest BCUT2D eigenvalue weighted by molar-refractivity contribution is 0.397. The third kappa shape index (κ3) is 1.28. The molecule has 14 heavy (non-hydrogen) atoms. The van der Waals surface area contributed by atoms with Gasteiger partial charge in [-0.1, -0.05) is 13.8 Å². The average Bonchev–Trinajstić information content (AvgIpc) is 2.66. The van der Waals surface area contributed by atoms with E-state index in [1.165, 1.54) is 5.56 Å². The van der Waals surface area contributed by atoms with Crippen molar-refractivity contribution in [3.63, 3.8) is 0 Å². The molecular formula is C11H16N2O. The van der Waals surface area contributed by atoms with Gasteiger partial charge in [-0.2, -0.15) is 0 Å². The van der Waals surface area contributed by atoms with Gasteiger partial charge in [0.2, 0.25) is 5.88 Å². The van der Waals surface area contributed by atoms with Crippen LogP contribution in [-0.4, -0.2) is 18.1 Å². The number of ether oxygens (including phenoxy) is 1. The molecule has 0 amide bonds. The summed E-state index contributed by atoms with van der Waals surface area (Å²) in [5.41, 5.74) is 7.45. The topological polar surface area (TPSA) is 48.1 Å². The highest BCUT2D eigenvalue weighted by Gasteiger charge is 2.56. The fourth-order valence-electron chi connectivity index (χ4n) is 2.04. The van der Waals surface area contributed by atoms with Crippen LogP contribution in [0.4, 0.5) is 0 Å². The molecule has 1 aromatic rings. The van der Waals surface area contributed by atoms with Gasteiger partial charge in [0.15, 0.2) is 0 Å². The fourth-order valence-corrected chi connectivity index (χ4v) is 2.04. The highest BCUT2D eigenvalue weighted by molar-refractivity contribution is 5.35. The first-order valence-corrected chi connectivity index (χ1v) is 4.83. The first-order chi connectivity index (χ1) is 6.57. The zero-order chi connectivity index (χ0) is 10.3. The van der Waals surface area contributed by atoms with Crippen molar-refractivity contribution in [3.8, 4) is 5.88 Å². The van der Waals surface area contributed by atoms with Crippen LogP contribution in [0.2, 0.25) is 0 Å². The van der Waals surface area contributed by atoms with Gasteiger partial charge in [-0.25, -0.2) is 4.98 Å². The van der Waals surface area contributed by atoms with Crippen LogP contribution in [0.1, 0.15) is 25.3 Å². The van der Waals surface area contributed by atoms with E-state index < -0.39 is 0 Å². The van der Waals surface area contributed by atoms with Gasteiger partial charge in [0.05, 0.1) is 7.11 Å². The van der Waals surface area contributed by atoms with E-state index in [9.17, 15) is 0 Å². The summed E-state index contributed by atoms with van der Waals surface area (Å²) in [7, 11) is 1.63. The molecule has 0 aliphatic heterocycles. The molecule has 0 radical (unpaired) electrons. The van der Waals surface area contributed by atoms with E-state index in [1.807, 2.05) is 12.1 Å². The molecule has 2 atom stereocenters. The van der Waals surface area contributed by atoms with Gasteiger partial charge in [-0.3, -0.25) is 0 Å². The SMILES string of the molecule is COc1cc([C@@H]2[C@@H](N)C2(C)C)ccn1. The smallest absolute Gasteiger partial charge is 0.213 e. The molecule has 1 aromatic heterocycles. The lowest BCUT2D eigenvalue weighted by Gasteiger charge is -2.04. The first kappa shape index (κ1) is 9.46. The lowest BCUT2D eigenvalue weighted by atomic mass is 10.0. The molecule has 0 unspecified atom stereocenters. The van der Waals surface area contributed by atoms with Gasteiger partial charge >= 0.3 is 0 Å². The van der Waals surface area contributed by atoms with Crippen LogP contribution in [0.3, 0.4) is 0 Å². The number of hydrogen-bond acceptors (Lipinski definition) is 3. The maximum atomic E-state index is 6.01. The van der Waals surface area contributed by atoms with Crippen LogP contribution >= 0.6 is 0 Å². The summed E-state index contributed by atoms with van der Waals surface area (Å²) in [6, 6.07) is 4.25. The molecule has 1 aliphatic carbocycles. The maximum absolute atomic E-state index is 6.01. The van der Waals surface area contributed by atoms with E-state index in [1.54, 1.807) is 13.3 Å². The van der Waals surface area contributed by atoms with Gasteiger partial charge in [-0.15, -0.1) is 0 Å². The Bertz CT molecular complexity index is 349. The molecule has 76 valence electrons. The Morgan fingerprint density at radius 2 is 2.14 bits per heavy atom. The van der Waals surface area contributed by atoms with Crippen molar-refractivity contribution in [2.75, 3.05) is 7.11 Å². The highest BCUT2D eigenvalue weighted by Crippen LogP contribution is 2.57. The van der Waals surface area contributed by atoms with Crippen molar-refractivity contribution >= 4 is 0 Å². The second-order valence-electron chi connectivity index (χ2n) is 4.46. The minimum absolute atomic E-state index is 0.215. The normalized spacial score (nSPS) is 28.6. The predicted octanol–water partition coefficient (Wildman–Crippen LogP) is 1.54. The standard InChI is InChI=1S/C11H16N2O/c1-11(2)9(10(11)12)7-4-5-13-8(6-7)14-3/h4-6,9-10H,12H2,1-3H3/t9-,10-/m1/s1. The summed E-state index contributed by atoms with van der Waals surface area (Å²) in [6.45, 7) is 4.38. The summed E-state index contributed by atoms with van der Waals surface area (Å²) in [5.74, 6) is 1.11. The monoisotopic (exact) mass is 192 g/mol. The van der Waals surface area contributed by atoms with Gasteiger partial charge in [0.25, 0.3) is 0 Å². The van der Waals surface area contributed by atoms with Crippen molar-refractivity contribution in [3.05, 3.63) is 23.9 Å². The lowest BCUT2D eigenvalue weighted by Crippen LogP contribution is -2.06. The number of hydrogen-bond donors (Lipinski definition) is 1. The predicted molar refractivity (Wildman–Crippen MR) is 55.3 cm³/mol. The number of pyridine rings is 1. The van der Waals surface area contributed by atoms with Gasteiger partial charge in [-0.05, 0) is 17.0 Å². The Morgan fingerprint density at radius 1 is 1.50 bits per heavy atom. The van der Waals surface area contributed by atoms with Crippen LogP contribution in [0.25, 0.3) is 0 Å². The maximum Gasteiger partial charge on any atom is 0.213 e. The molecule has 0 saturated heterocycles. The van der Waals surface area contributed by atoms with Crippen LogP contribution in [-0.2, 0) is 0 Å². The fraction of sp³-hybridized carbons (Fsp3) is 0.545. The van der Waals surface area contributed by atoms with E-state index in [2.05, 4.69) is 18.8 Å². The third-order valence-electron chi connectivity index (χ3n) is 3.24. The van der Waals surface area contributed by atoms with Crippen molar-refractivity contribution in [2.45, 2.75) is 25.8 Å². The summed E-state index contributed by atoms with van der Waals surface area (Å²) in [4.78, 5) is 4.08. The minimum Gasteiger partial charge on any atom is -0.481 e. The minimum atomic E-state index is 0.215. The summed E-state index contributed by atoms with van der Waals surface area (Å²) < 4.78 is 5.08. The molecule has 2 rings (SSSR count). The van der Waals surface area contributed by atoms with Gasteiger partial charge in [0, 0.05) is 24.2 Å². The zero-order valence-corrected chi connectivity index (χ0v) is 8.82. The second-order valence-corrected chi connectivity index (χ2v) is 4.46. The molecule has 0 bridgehead atoms. The number of nitrogens with two attached hydrogens (primary N) is 1. The number of rotatable bonds is 2. The van der Waals surface area contributed by atoms with E-state index in [0.717, 1.165) is 0 Å². The molecule has 1 heterocycles. The van der Waals surface area contributed by atoms with Gasteiger partial charge < -0.3 is 10.5 Å². The number of nitrogens with zero attached hydrogens (tertiary/aromatic N) is 1. The molecule has 0 spiro atoms. The molecule has 1 saturated carbocycles. The van der Waals surface area contributed by atoms with E-state index in [-0.39, 0.29) is 11.5 Å². The van der Waals surface area contributed by atoms with E-state index >= 15 is 0 Å². The highest BCUT2D eigenvalue weighted by atomic mass is 16.5. The Morgan fingerprint density at radius 3 is 2.64 bits per heavy atom. The number of aromatic nitrogens is 1. The van der Waals surface area contributed by atoms with Crippen LogP contribution < -0.4 is 10.5 Å². The largest absolute Gasteiger partial charge is 0.481 e. The first-order valence-electron chi connectivity index (χ1n) is 4.83. The summed E-state index contributed by atoms with van der Waals surface area (Å²) in [5, 5.41) is 0. The Hall–Kier alpha value is -1.09. The van der Waals surface area contributed by atoms with Crippen LogP contribution in [0.15, 0.2) is 18.3 Å². The Labute approximate surface area is 84.3 Å². The molecule has 0 aromatic carbocycles. The Balaban J connectivity index is 2.26. The van der Waals surface area contributed by atoms with Crippen molar-refractivity contribution in [2.24, 2.45) is 11.1 Å².